The van der Waals surface area contributed by atoms with E-state index in [1.807, 2.05) is 0 Å². The molecule has 0 unspecified atom stereocenters. The summed E-state index contributed by atoms with van der Waals surface area (Å²) in [6, 6.07) is 1.27. The summed E-state index contributed by atoms with van der Waals surface area (Å²) in [6.07, 6.45) is 2.57. The third-order valence-corrected chi connectivity index (χ3v) is 2.73. The first-order valence-electron chi connectivity index (χ1n) is 4.37. The van der Waals surface area contributed by atoms with Gasteiger partial charge in [0.25, 0.3) is 0 Å². The van der Waals surface area contributed by atoms with Crippen molar-refractivity contribution in [1.82, 2.24) is 9.62 Å². The van der Waals surface area contributed by atoms with Crippen molar-refractivity contribution < 1.29 is 0 Å². The minimum atomic E-state index is 0.592. The van der Waals surface area contributed by atoms with E-state index in [1.54, 1.807) is 0 Å². The summed E-state index contributed by atoms with van der Waals surface area (Å²) in [7, 11) is 0. The van der Waals surface area contributed by atoms with Crippen LogP contribution >= 0.6 is 12.8 Å². The second-order valence-electron chi connectivity index (χ2n) is 3.56. The van der Waals surface area contributed by atoms with Gasteiger partial charge in [-0.3, -0.25) is 9.62 Å². The molecule has 2 nitrogen and oxygen atoms in total. The molecule has 1 aliphatic heterocycles. The van der Waals surface area contributed by atoms with Crippen molar-refractivity contribution >= 4 is 12.8 Å². The van der Waals surface area contributed by atoms with Crippen LogP contribution in [-0.2, 0) is 0 Å². The number of thiol groups is 1. The Kier molecular flexibility index (Phi) is 3.69. The molecule has 0 radical (unpaired) electrons. The van der Waals surface area contributed by atoms with Gasteiger partial charge in [-0.2, -0.15) is 0 Å². The minimum Gasteiger partial charge on any atom is -0.299 e. The van der Waals surface area contributed by atoms with E-state index in [0.29, 0.717) is 12.1 Å². The quantitative estimate of drug-likeness (QED) is 0.613. The second-order valence-corrected chi connectivity index (χ2v) is 3.82. The molecule has 0 saturated carbocycles. The van der Waals surface area contributed by atoms with E-state index in [1.165, 1.54) is 19.4 Å². The van der Waals surface area contributed by atoms with Gasteiger partial charge in [0.05, 0.1) is 0 Å². The Morgan fingerprint density at radius 2 is 2.27 bits per heavy atom. The van der Waals surface area contributed by atoms with Crippen molar-refractivity contribution in [3.8, 4) is 0 Å². The van der Waals surface area contributed by atoms with Gasteiger partial charge in [0, 0.05) is 18.6 Å². The molecular weight excluding hydrogens is 156 g/mol. The highest BCUT2D eigenvalue weighted by Crippen LogP contribution is 2.12. The van der Waals surface area contributed by atoms with E-state index in [9.17, 15) is 0 Å². The summed E-state index contributed by atoms with van der Waals surface area (Å²) in [6.45, 7) is 6.91. The summed E-state index contributed by atoms with van der Waals surface area (Å²) in [4.78, 5) is 2.50. The Bertz CT molecular complexity index is 117. The maximum absolute atomic E-state index is 4.10. The third kappa shape index (κ3) is 2.65. The van der Waals surface area contributed by atoms with Gasteiger partial charge < -0.3 is 0 Å². The largest absolute Gasteiger partial charge is 0.299 e. The predicted octanol–water partition coefficient (Wildman–Crippen LogP) is 1.29. The summed E-state index contributed by atoms with van der Waals surface area (Å²) >= 11 is 4.10. The molecule has 0 aliphatic carbocycles. The van der Waals surface area contributed by atoms with Gasteiger partial charge >= 0.3 is 0 Å². The molecule has 0 bridgehead atoms. The van der Waals surface area contributed by atoms with Gasteiger partial charge in [0.1, 0.15) is 0 Å². The number of nitrogens with zero attached hydrogens (tertiary/aromatic N) is 1. The Morgan fingerprint density at radius 1 is 1.55 bits per heavy atom. The highest BCUT2D eigenvalue weighted by atomic mass is 32.1. The highest BCUT2D eigenvalue weighted by molar-refractivity contribution is 7.78. The smallest absolute Gasteiger partial charge is 0.0297 e. The fourth-order valence-corrected chi connectivity index (χ4v) is 1.79. The molecule has 1 N–H and O–H groups in total. The molecule has 0 aromatic carbocycles. The second kappa shape index (κ2) is 4.33. The van der Waals surface area contributed by atoms with Crippen LogP contribution in [0.25, 0.3) is 0 Å². The molecule has 11 heavy (non-hydrogen) atoms. The SMILES string of the molecule is CC(C)N1CCC[C@H](NS)C1. The number of piperidine rings is 1. The average molecular weight is 174 g/mol. The minimum absolute atomic E-state index is 0.592. The van der Waals surface area contributed by atoms with Gasteiger partial charge in [-0.05, 0) is 33.2 Å². The summed E-state index contributed by atoms with van der Waals surface area (Å²) in [5.74, 6) is 0. The van der Waals surface area contributed by atoms with Crippen LogP contribution in [0.4, 0.5) is 0 Å². The Hall–Kier alpha value is 0.270. The lowest BCUT2D eigenvalue weighted by molar-refractivity contribution is 0.164. The molecule has 0 spiro atoms. The van der Waals surface area contributed by atoms with E-state index in [2.05, 4.69) is 36.3 Å². The van der Waals surface area contributed by atoms with Gasteiger partial charge in [-0.1, -0.05) is 12.8 Å². The summed E-state index contributed by atoms with van der Waals surface area (Å²) < 4.78 is 3.04. The normalized spacial score (nSPS) is 27.8. The van der Waals surface area contributed by atoms with Crippen molar-refractivity contribution in [2.75, 3.05) is 13.1 Å². The van der Waals surface area contributed by atoms with Crippen LogP contribution in [0, 0.1) is 0 Å². The Labute approximate surface area is 74.9 Å². The van der Waals surface area contributed by atoms with Gasteiger partial charge in [0.2, 0.25) is 0 Å². The molecule has 3 heteroatoms. The molecule has 0 aromatic rings. The predicted molar refractivity (Wildman–Crippen MR) is 51.9 cm³/mol. The fourth-order valence-electron chi connectivity index (χ4n) is 1.58. The average Bonchev–Trinajstić information content (AvgIpc) is 2.05. The maximum atomic E-state index is 4.10. The summed E-state index contributed by atoms with van der Waals surface area (Å²) in [5, 5.41) is 0. The van der Waals surface area contributed by atoms with Crippen LogP contribution in [0.15, 0.2) is 0 Å². The van der Waals surface area contributed by atoms with E-state index < -0.39 is 0 Å². The zero-order chi connectivity index (χ0) is 8.27. The topological polar surface area (TPSA) is 15.3 Å². The monoisotopic (exact) mass is 174 g/mol. The van der Waals surface area contributed by atoms with Crippen molar-refractivity contribution in [2.24, 2.45) is 0 Å². The lowest BCUT2D eigenvalue weighted by atomic mass is 10.1. The molecule has 1 rings (SSSR count). The van der Waals surface area contributed by atoms with Crippen molar-refractivity contribution in [1.29, 1.82) is 0 Å². The molecular formula is C8H18N2S. The molecule has 1 aliphatic rings. The Balaban J connectivity index is 2.33. The third-order valence-electron chi connectivity index (χ3n) is 2.37. The van der Waals surface area contributed by atoms with Crippen LogP contribution in [0.2, 0.25) is 0 Å². The first kappa shape index (κ1) is 9.36. The van der Waals surface area contributed by atoms with E-state index in [4.69, 9.17) is 0 Å². The van der Waals surface area contributed by atoms with Crippen LogP contribution in [-0.4, -0.2) is 30.1 Å². The van der Waals surface area contributed by atoms with Crippen LogP contribution < -0.4 is 4.72 Å². The van der Waals surface area contributed by atoms with Crippen molar-refractivity contribution in [2.45, 2.75) is 38.8 Å². The van der Waals surface area contributed by atoms with E-state index >= 15 is 0 Å². The van der Waals surface area contributed by atoms with E-state index in [-0.39, 0.29) is 0 Å². The lowest BCUT2D eigenvalue weighted by Gasteiger charge is -2.34. The van der Waals surface area contributed by atoms with Crippen LogP contribution in [0.3, 0.4) is 0 Å². The van der Waals surface area contributed by atoms with E-state index in [0.717, 1.165) is 6.54 Å². The molecule has 0 aromatic heterocycles. The number of hydrogen-bond donors (Lipinski definition) is 2. The van der Waals surface area contributed by atoms with Gasteiger partial charge in [-0.15, -0.1) is 0 Å². The summed E-state index contributed by atoms with van der Waals surface area (Å²) in [5.41, 5.74) is 0. The van der Waals surface area contributed by atoms with Crippen molar-refractivity contribution in [3.63, 3.8) is 0 Å². The fraction of sp³-hybridized carbons (Fsp3) is 1.00. The van der Waals surface area contributed by atoms with Crippen LogP contribution in [0.1, 0.15) is 26.7 Å². The van der Waals surface area contributed by atoms with Gasteiger partial charge in [0.15, 0.2) is 0 Å². The lowest BCUT2D eigenvalue weighted by Crippen LogP contribution is -2.45. The molecule has 1 heterocycles. The van der Waals surface area contributed by atoms with Gasteiger partial charge in [-0.25, -0.2) is 0 Å². The van der Waals surface area contributed by atoms with Crippen LogP contribution in [0.5, 0.6) is 0 Å². The maximum Gasteiger partial charge on any atom is 0.0297 e. The highest BCUT2D eigenvalue weighted by Gasteiger charge is 2.19. The molecule has 1 saturated heterocycles. The molecule has 66 valence electrons. The number of likely N-dealkylation sites (tertiary alicyclic amines) is 1. The number of rotatable bonds is 2. The van der Waals surface area contributed by atoms with Crippen molar-refractivity contribution in [3.05, 3.63) is 0 Å². The number of nitrogens with one attached hydrogen (secondary N) is 1. The first-order valence-corrected chi connectivity index (χ1v) is 4.82. The zero-order valence-corrected chi connectivity index (χ0v) is 8.27. The number of hydrogen-bond acceptors (Lipinski definition) is 3. The Morgan fingerprint density at radius 3 is 2.82 bits per heavy atom. The zero-order valence-electron chi connectivity index (χ0n) is 7.38. The molecule has 1 atom stereocenters. The molecule has 0 amide bonds. The standard InChI is InChI=1S/C8H18N2S/c1-7(2)10-5-3-4-8(6-10)9-11/h7-9,11H,3-6H2,1-2H3/t8-/m0/s1. The first-order chi connectivity index (χ1) is 5.24. The molecule has 1 fully saturated rings.